The predicted molar refractivity (Wildman–Crippen MR) is 92.5 cm³/mol. The molecule has 6 nitrogen and oxygen atoms in total. The van der Waals surface area contributed by atoms with Crippen LogP contribution in [0.25, 0.3) is 0 Å². The molecular weight excluding hydrogens is 328 g/mol. The number of hydrogen-bond donors (Lipinski definition) is 2. The van der Waals surface area contributed by atoms with Crippen LogP contribution in [0.4, 0.5) is 16.2 Å². The van der Waals surface area contributed by atoms with Crippen molar-refractivity contribution in [1.29, 1.82) is 0 Å². The van der Waals surface area contributed by atoms with E-state index < -0.39 is 11.3 Å². The Bertz CT molecular complexity index is 802. The molecule has 1 aliphatic rings. The van der Waals surface area contributed by atoms with Gasteiger partial charge in [0.05, 0.1) is 11.3 Å². The van der Waals surface area contributed by atoms with E-state index in [4.69, 9.17) is 5.11 Å². The summed E-state index contributed by atoms with van der Waals surface area (Å²) in [6.07, 6.45) is 0. The smallest absolute Gasteiger partial charge is 0.335 e. The molecule has 1 atom stereocenters. The van der Waals surface area contributed by atoms with Gasteiger partial charge in [-0.3, -0.25) is 9.59 Å². The Kier molecular flexibility index (Phi) is 4.26. The molecule has 2 aromatic carbocycles. The highest BCUT2D eigenvalue weighted by atomic mass is 32.2. The Morgan fingerprint density at radius 1 is 1.08 bits per heavy atom. The van der Waals surface area contributed by atoms with Crippen LogP contribution in [0.3, 0.4) is 0 Å². The number of benzene rings is 2. The first-order valence-corrected chi connectivity index (χ1v) is 8.05. The minimum atomic E-state index is -1.02. The summed E-state index contributed by atoms with van der Waals surface area (Å²) >= 11 is 0.896. The second-order valence-corrected chi connectivity index (χ2v) is 6.36. The second-order valence-electron chi connectivity index (χ2n) is 5.30. The Morgan fingerprint density at radius 3 is 2.29 bits per heavy atom. The number of anilines is 2. The van der Waals surface area contributed by atoms with Crippen molar-refractivity contribution in [3.63, 3.8) is 0 Å². The number of nitrogens with zero attached hydrogens (tertiary/aromatic N) is 1. The van der Waals surface area contributed by atoms with Gasteiger partial charge >= 0.3 is 5.97 Å². The lowest BCUT2D eigenvalue weighted by molar-refractivity contribution is -0.116. The molecule has 122 valence electrons. The molecular formula is C17H14N2O4S. The summed E-state index contributed by atoms with van der Waals surface area (Å²) in [7, 11) is 0. The van der Waals surface area contributed by atoms with E-state index in [0.29, 0.717) is 11.4 Å². The SMILES string of the molecule is Cc1ccc(N2C(=O)SC(Nc3ccc(C(=O)O)cc3)C2=O)cc1. The van der Waals surface area contributed by atoms with E-state index in [-0.39, 0.29) is 16.7 Å². The average molecular weight is 342 g/mol. The quantitative estimate of drug-likeness (QED) is 0.886. The number of aryl methyl sites for hydroxylation is 1. The van der Waals surface area contributed by atoms with Crippen LogP contribution >= 0.6 is 11.8 Å². The molecule has 0 spiro atoms. The Labute approximate surface area is 142 Å². The van der Waals surface area contributed by atoms with Crippen LogP contribution in [0.1, 0.15) is 15.9 Å². The van der Waals surface area contributed by atoms with Gasteiger partial charge in [0.15, 0.2) is 5.37 Å². The number of rotatable bonds is 4. The van der Waals surface area contributed by atoms with Gasteiger partial charge in [-0.1, -0.05) is 17.7 Å². The number of hydrogen-bond acceptors (Lipinski definition) is 5. The molecule has 7 heteroatoms. The molecule has 2 amide bonds. The zero-order valence-electron chi connectivity index (χ0n) is 12.7. The van der Waals surface area contributed by atoms with Crippen LogP contribution < -0.4 is 10.2 Å². The maximum Gasteiger partial charge on any atom is 0.335 e. The van der Waals surface area contributed by atoms with E-state index in [1.165, 1.54) is 12.1 Å². The second kappa shape index (κ2) is 6.37. The number of aromatic carboxylic acids is 1. The van der Waals surface area contributed by atoms with E-state index in [2.05, 4.69) is 5.32 Å². The molecule has 2 N–H and O–H groups in total. The van der Waals surface area contributed by atoms with Crippen molar-refractivity contribution in [2.75, 3.05) is 10.2 Å². The van der Waals surface area contributed by atoms with Gasteiger partial charge in [0.2, 0.25) is 0 Å². The van der Waals surface area contributed by atoms with E-state index in [9.17, 15) is 14.4 Å². The Balaban J connectivity index is 1.76. The highest BCUT2D eigenvalue weighted by Crippen LogP contribution is 2.32. The molecule has 1 aliphatic heterocycles. The normalized spacial score (nSPS) is 17.2. The van der Waals surface area contributed by atoms with Crippen molar-refractivity contribution >= 4 is 40.3 Å². The molecule has 0 saturated carbocycles. The van der Waals surface area contributed by atoms with E-state index >= 15 is 0 Å². The predicted octanol–water partition coefficient (Wildman–Crippen LogP) is 3.33. The first-order chi connectivity index (χ1) is 11.5. The zero-order valence-corrected chi connectivity index (χ0v) is 13.5. The van der Waals surface area contributed by atoms with Gasteiger partial charge in [0.25, 0.3) is 11.1 Å². The number of carboxylic acids is 1. The number of amides is 2. The number of carbonyl (C=O) groups is 3. The molecule has 3 rings (SSSR count). The van der Waals surface area contributed by atoms with Gasteiger partial charge in [-0.2, -0.15) is 0 Å². The molecule has 0 radical (unpaired) electrons. The third-order valence-electron chi connectivity index (χ3n) is 3.57. The minimum absolute atomic E-state index is 0.156. The van der Waals surface area contributed by atoms with Crippen molar-refractivity contribution in [2.24, 2.45) is 0 Å². The lowest BCUT2D eigenvalue weighted by Crippen LogP contribution is -2.34. The fourth-order valence-corrected chi connectivity index (χ4v) is 3.19. The van der Waals surface area contributed by atoms with Crippen LogP contribution in [-0.4, -0.2) is 27.6 Å². The highest BCUT2D eigenvalue weighted by Gasteiger charge is 2.40. The van der Waals surface area contributed by atoms with Gasteiger partial charge in [-0.15, -0.1) is 0 Å². The fourth-order valence-electron chi connectivity index (χ4n) is 2.29. The molecule has 1 unspecified atom stereocenters. The molecule has 2 aromatic rings. The summed E-state index contributed by atoms with van der Waals surface area (Å²) < 4.78 is 0. The van der Waals surface area contributed by atoms with Crippen molar-refractivity contribution in [3.05, 3.63) is 59.7 Å². The number of carboxylic acid groups (broad SMARTS) is 1. The standard InChI is InChI=1S/C17H14N2O4S/c1-10-2-8-13(9-3-10)19-15(20)14(24-17(19)23)18-12-6-4-11(5-7-12)16(21)22/h2-9,14,18H,1H3,(H,21,22). The third kappa shape index (κ3) is 3.11. The Morgan fingerprint density at radius 2 is 1.71 bits per heavy atom. The zero-order chi connectivity index (χ0) is 17.3. The summed E-state index contributed by atoms with van der Waals surface area (Å²) in [5, 5.41) is 10.8. The van der Waals surface area contributed by atoms with E-state index in [0.717, 1.165) is 22.2 Å². The van der Waals surface area contributed by atoms with Crippen LogP contribution in [0.15, 0.2) is 48.5 Å². The molecule has 0 bridgehead atoms. The topological polar surface area (TPSA) is 86.7 Å². The number of thioether (sulfide) groups is 1. The summed E-state index contributed by atoms with van der Waals surface area (Å²) in [5.41, 5.74) is 2.31. The lowest BCUT2D eigenvalue weighted by atomic mass is 10.2. The van der Waals surface area contributed by atoms with Crippen molar-refractivity contribution in [2.45, 2.75) is 12.3 Å². The highest BCUT2D eigenvalue weighted by molar-refractivity contribution is 8.16. The monoisotopic (exact) mass is 342 g/mol. The molecule has 1 fully saturated rings. The number of carbonyl (C=O) groups excluding carboxylic acids is 2. The first-order valence-electron chi connectivity index (χ1n) is 7.17. The summed E-state index contributed by atoms with van der Waals surface area (Å²) in [6.45, 7) is 1.93. The number of nitrogens with one attached hydrogen (secondary N) is 1. The van der Waals surface area contributed by atoms with E-state index in [1.807, 2.05) is 19.1 Å². The van der Waals surface area contributed by atoms with Gasteiger partial charge < -0.3 is 10.4 Å². The van der Waals surface area contributed by atoms with Crippen LogP contribution in [-0.2, 0) is 4.79 Å². The molecule has 0 aliphatic carbocycles. The fraction of sp³-hybridized carbons (Fsp3) is 0.118. The van der Waals surface area contributed by atoms with Gasteiger partial charge in [-0.25, -0.2) is 9.69 Å². The van der Waals surface area contributed by atoms with Crippen molar-refractivity contribution in [3.8, 4) is 0 Å². The molecule has 1 heterocycles. The van der Waals surface area contributed by atoms with Crippen LogP contribution in [0, 0.1) is 6.92 Å². The lowest BCUT2D eigenvalue weighted by Gasteiger charge is -2.15. The largest absolute Gasteiger partial charge is 0.478 e. The van der Waals surface area contributed by atoms with Crippen LogP contribution in [0.5, 0.6) is 0 Å². The molecule has 24 heavy (non-hydrogen) atoms. The maximum atomic E-state index is 12.5. The first kappa shape index (κ1) is 16.1. The summed E-state index contributed by atoms with van der Waals surface area (Å²) in [5.74, 6) is -1.37. The van der Waals surface area contributed by atoms with Crippen LogP contribution in [0.2, 0.25) is 0 Å². The van der Waals surface area contributed by atoms with Crippen molar-refractivity contribution in [1.82, 2.24) is 0 Å². The Hall–Kier alpha value is -2.80. The molecule has 0 aromatic heterocycles. The van der Waals surface area contributed by atoms with Gasteiger partial charge in [-0.05, 0) is 55.1 Å². The van der Waals surface area contributed by atoms with Gasteiger partial charge in [0, 0.05) is 5.69 Å². The molecule has 1 saturated heterocycles. The maximum absolute atomic E-state index is 12.5. The number of imide groups is 1. The summed E-state index contributed by atoms with van der Waals surface area (Å²) in [4.78, 5) is 36.7. The third-order valence-corrected chi connectivity index (χ3v) is 4.51. The average Bonchev–Trinajstić information content (AvgIpc) is 2.83. The minimum Gasteiger partial charge on any atom is -0.478 e. The van der Waals surface area contributed by atoms with E-state index in [1.54, 1.807) is 24.3 Å². The van der Waals surface area contributed by atoms with Gasteiger partial charge in [0.1, 0.15) is 0 Å². The van der Waals surface area contributed by atoms with Crippen molar-refractivity contribution < 1.29 is 19.5 Å². The summed E-state index contributed by atoms with van der Waals surface area (Å²) in [6, 6.07) is 13.2.